The molecule has 2 aliphatic heterocycles. The van der Waals surface area contributed by atoms with Crippen molar-refractivity contribution in [2.24, 2.45) is 0 Å². The maximum Gasteiger partial charge on any atom is 0.228 e. The van der Waals surface area contributed by atoms with Crippen LogP contribution in [-0.2, 0) is 10.8 Å². The molecule has 182 valence electrons. The average molecular weight is 547 g/mol. The Bertz CT molecular complexity index is 1360. The number of likely N-dealkylation sites (N-methyl/N-ethyl adjacent to an activating group) is 1. The summed E-state index contributed by atoms with van der Waals surface area (Å²) in [7, 11) is 4.08. The summed E-state index contributed by atoms with van der Waals surface area (Å²) in [6.07, 6.45) is 14.4. The van der Waals surface area contributed by atoms with Gasteiger partial charge in [-0.2, -0.15) is 4.58 Å². The number of halogens is 4. The summed E-state index contributed by atoms with van der Waals surface area (Å²) in [4.78, 5) is 2.14. The molecule has 0 unspecified atom stereocenters. The molecule has 0 bridgehead atoms. The van der Waals surface area contributed by atoms with Crippen LogP contribution in [-0.4, -0.2) is 24.4 Å². The Morgan fingerprint density at radius 1 is 0.743 bits per heavy atom. The molecule has 2 aromatic rings. The number of hydrogen-bond donors (Lipinski definition) is 0. The molecule has 0 saturated heterocycles. The van der Waals surface area contributed by atoms with E-state index in [0.717, 1.165) is 33.9 Å². The Balaban J connectivity index is 1.51. The van der Waals surface area contributed by atoms with E-state index in [4.69, 9.17) is 46.4 Å². The molecule has 0 spiro atoms. The fourth-order valence-electron chi connectivity index (χ4n) is 5.25. The van der Waals surface area contributed by atoms with Crippen molar-refractivity contribution < 1.29 is 4.58 Å². The van der Waals surface area contributed by atoms with Gasteiger partial charge in [-0.25, -0.2) is 0 Å². The fourth-order valence-corrected chi connectivity index (χ4v) is 6.49. The van der Waals surface area contributed by atoms with E-state index in [-0.39, 0.29) is 10.8 Å². The largest absolute Gasteiger partial charge is 0.346 e. The minimum Gasteiger partial charge on any atom is -0.346 e. The molecule has 0 aliphatic carbocycles. The second kappa shape index (κ2) is 9.48. The molecule has 2 nitrogen and oxygen atoms in total. The lowest BCUT2D eigenvalue weighted by Gasteiger charge is -2.23. The predicted molar refractivity (Wildman–Crippen MR) is 154 cm³/mol. The van der Waals surface area contributed by atoms with E-state index in [2.05, 4.69) is 61.5 Å². The van der Waals surface area contributed by atoms with Crippen molar-refractivity contribution in [3.05, 3.63) is 104 Å². The molecule has 0 radical (unpaired) electrons. The van der Waals surface area contributed by atoms with E-state index in [1.807, 2.05) is 44.5 Å². The molecule has 6 heteroatoms. The van der Waals surface area contributed by atoms with Crippen molar-refractivity contribution >= 4 is 63.5 Å². The highest BCUT2D eigenvalue weighted by molar-refractivity contribution is 6.37. The summed E-state index contributed by atoms with van der Waals surface area (Å²) in [6, 6.07) is 7.61. The van der Waals surface area contributed by atoms with Crippen molar-refractivity contribution in [3.8, 4) is 0 Å². The van der Waals surface area contributed by atoms with Gasteiger partial charge in [0.05, 0.1) is 16.1 Å². The van der Waals surface area contributed by atoms with Crippen LogP contribution in [0.25, 0.3) is 0 Å². The second-order valence-corrected chi connectivity index (χ2v) is 11.7. The molecule has 0 saturated carbocycles. The number of nitrogens with zero attached hydrogens (tertiary/aromatic N) is 2. The van der Waals surface area contributed by atoms with E-state index in [1.165, 1.54) is 0 Å². The summed E-state index contributed by atoms with van der Waals surface area (Å²) >= 11 is 25.5. The maximum absolute atomic E-state index is 6.50. The third kappa shape index (κ3) is 4.51. The molecular weight excluding hydrogens is 518 g/mol. The molecule has 2 aliphatic rings. The number of rotatable bonds is 4. The van der Waals surface area contributed by atoms with Gasteiger partial charge in [0.25, 0.3) is 0 Å². The zero-order chi connectivity index (χ0) is 25.7. The molecule has 0 aromatic heterocycles. The predicted octanol–water partition coefficient (Wildman–Crippen LogP) is 9.29. The minimum atomic E-state index is -0.193. The standard InChI is InChI=1S/C29H29Cl4N2/c1-28(2)20-14-18(30)16-22(32)26(20)34(5)24(28)12-10-8-7-9-11-13-25-29(3,4)21-15-19(31)17-23(33)27(21)35(25)6/h7-17H,1-6H3/q+1. The van der Waals surface area contributed by atoms with Crippen molar-refractivity contribution in [1.29, 1.82) is 0 Å². The second-order valence-electron chi connectivity index (χ2n) is 10.0. The lowest BCUT2D eigenvalue weighted by atomic mass is 9.81. The minimum absolute atomic E-state index is 0.193. The van der Waals surface area contributed by atoms with Crippen LogP contribution in [0.3, 0.4) is 0 Å². The number of allylic oxidation sites excluding steroid dienone is 8. The van der Waals surface area contributed by atoms with E-state index >= 15 is 0 Å². The van der Waals surface area contributed by atoms with Gasteiger partial charge < -0.3 is 4.90 Å². The van der Waals surface area contributed by atoms with Gasteiger partial charge in [0, 0.05) is 39.8 Å². The van der Waals surface area contributed by atoms with Gasteiger partial charge in [0.1, 0.15) is 12.1 Å². The zero-order valence-electron chi connectivity index (χ0n) is 20.8. The van der Waals surface area contributed by atoms with Crippen molar-refractivity contribution in [3.63, 3.8) is 0 Å². The molecule has 4 rings (SSSR count). The lowest BCUT2D eigenvalue weighted by molar-refractivity contribution is -0.401. The highest BCUT2D eigenvalue weighted by Crippen LogP contribution is 2.51. The van der Waals surface area contributed by atoms with Crippen LogP contribution in [0.1, 0.15) is 38.8 Å². The van der Waals surface area contributed by atoms with E-state index in [1.54, 1.807) is 12.1 Å². The quantitative estimate of drug-likeness (QED) is 0.273. The van der Waals surface area contributed by atoms with E-state index in [0.29, 0.717) is 20.1 Å². The topological polar surface area (TPSA) is 6.25 Å². The first-order chi connectivity index (χ1) is 16.4. The molecule has 0 fully saturated rings. The van der Waals surface area contributed by atoms with Crippen LogP contribution in [0.4, 0.5) is 11.4 Å². The third-order valence-corrected chi connectivity index (χ3v) is 8.04. The SMILES string of the molecule is CN1C(=CC=CC=CC=CC2=[N+](C)c3c(Cl)cc(Cl)cc3C2(C)C)C(C)(C)c2cc(Cl)cc(Cl)c21. The van der Waals surface area contributed by atoms with Crippen LogP contribution in [0.2, 0.25) is 20.1 Å². The highest BCUT2D eigenvalue weighted by atomic mass is 35.5. The first-order valence-electron chi connectivity index (χ1n) is 11.4. The first-order valence-corrected chi connectivity index (χ1v) is 12.9. The van der Waals surface area contributed by atoms with E-state index < -0.39 is 0 Å². The number of benzene rings is 2. The molecule has 35 heavy (non-hydrogen) atoms. The van der Waals surface area contributed by atoms with Gasteiger partial charge in [0.15, 0.2) is 5.71 Å². The lowest BCUT2D eigenvalue weighted by Crippen LogP contribution is -2.26. The monoisotopic (exact) mass is 545 g/mol. The van der Waals surface area contributed by atoms with Gasteiger partial charge in [-0.05, 0) is 49.8 Å². The fraction of sp³-hybridized carbons (Fsp3) is 0.276. The maximum atomic E-state index is 6.50. The molecule has 2 heterocycles. The van der Waals surface area contributed by atoms with Gasteiger partial charge in [-0.15, -0.1) is 0 Å². The molecule has 2 aromatic carbocycles. The summed E-state index contributed by atoms with van der Waals surface area (Å²) in [5.41, 5.74) is 6.24. The Morgan fingerprint density at radius 2 is 1.31 bits per heavy atom. The summed E-state index contributed by atoms with van der Waals surface area (Å²) in [5.74, 6) is 0. The van der Waals surface area contributed by atoms with Gasteiger partial charge >= 0.3 is 0 Å². The van der Waals surface area contributed by atoms with Gasteiger partial charge in [-0.3, -0.25) is 0 Å². The summed E-state index contributed by atoms with van der Waals surface area (Å²) in [5, 5.41) is 2.65. The van der Waals surface area contributed by atoms with Gasteiger partial charge in [0.2, 0.25) is 5.69 Å². The Labute approximate surface area is 228 Å². The number of fused-ring (bicyclic) bond motifs is 2. The smallest absolute Gasteiger partial charge is 0.228 e. The van der Waals surface area contributed by atoms with Crippen LogP contribution in [0.5, 0.6) is 0 Å². The highest BCUT2D eigenvalue weighted by Gasteiger charge is 2.44. The molecule has 0 N–H and O–H groups in total. The van der Waals surface area contributed by atoms with Crippen molar-refractivity contribution in [2.75, 3.05) is 19.0 Å². The number of anilines is 1. The Kier molecular flexibility index (Phi) is 7.07. The normalized spacial score (nSPS) is 19.7. The van der Waals surface area contributed by atoms with Crippen molar-refractivity contribution in [1.82, 2.24) is 0 Å². The zero-order valence-corrected chi connectivity index (χ0v) is 23.8. The Hall–Kier alpha value is -1.97. The average Bonchev–Trinajstić information content (AvgIpc) is 3.06. The summed E-state index contributed by atoms with van der Waals surface area (Å²) in [6.45, 7) is 8.76. The van der Waals surface area contributed by atoms with Crippen molar-refractivity contribution in [2.45, 2.75) is 38.5 Å². The van der Waals surface area contributed by atoms with Crippen LogP contribution < -0.4 is 4.90 Å². The van der Waals surface area contributed by atoms with Crippen LogP contribution in [0.15, 0.2) is 72.5 Å². The van der Waals surface area contributed by atoms with Crippen LogP contribution >= 0.6 is 46.4 Å². The third-order valence-electron chi connectivity index (χ3n) is 7.03. The first kappa shape index (κ1) is 26.1. The summed E-state index contributed by atoms with van der Waals surface area (Å²) < 4.78 is 2.14. The molecular formula is C29H29Cl4N2+. The van der Waals surface area contributed by atoms with Crippen LogP contribution in [0, 0.1) is 0 Å². The van der Waals surface area contributed by atoms with Gasteiger partial charge in [-0.1, -0.05) is 90.6 Å². The molecule has 0 amide bonds. The van der Waals surface area contributed by atoms with E-state index in [9.17, 15) is 0 Å². The number of hydrogen-bond acceptors (Lipinski definition) is 1. The molecule has 0 atom stereocenters. The Morgan fingerprint density at radius 3 is 2.00 bits per heavy atom.